The molecule has 1 saturated heterocycles. The summed E-state index contributed by atoms with van der Waals surface area (Å²) in [6.07, 6.45) is 4.10. The number of benzene rings is 1. The summed E-state index contributed by atoms with van der Waals surface area (Å²) in [5.74, 6) is 1.77. The third kappa shape index (κ3) is 3.73. The van der Waals surface area contributed by atoms with E-state index in [1.165, 1.54) is 11.4 Å². The highest BCUT2D eigenvalue weighted by Gasteiger charge is 2.23. The normalized spacial score (nSPS) is 16.4. The Kier molecular flexibility index (Phi) is 4.89. The molecule has 5 heteroatoms. The summed E-state index contributed by atoms with van der Waals surface area (Å²) in [7, 11) is 0. The molecule has 1 N–H and O–H groups in total. The van der Waals surface area contributed by atoms with Crippen molar-refractivity contribution >= 4 is 0 Å². The molecule has 0 radical (unpaired) electrons. The van der Waals surface area contributed by atoms with E-state index in [4.69, 9.17) is 4.42 Å². The van der Waals surface area contributed by atoms with Gasteiger partial charge < -0.3 is 4.42 Å². The van der Waals surface area contributed by atoms with Crippen molar-refractivity contribution in [3.8, 4) is 11.5 Å². The Morgan fingerprint density at radius 2 is 1.96 bits per heavy atom. The van der Waals surface area contributed by atoms with Crippen LogP contribution < -0.4 is 0 Å². The maximum atomic E-state index is 5.66. The molecule has 0 saturated carbocycles. The lowest BCUT2D eigenvalue weighted by Gasteiger charge is -2.30. The van der Waals surface area contributed by atoms with Crippen LogP contribution in [0.25, 0.3) is 11.5 Å². The van der Waals surface area contributed by atoms with Crippen molar-refractivity contribution < 1.29 is 4.42 Å². The molecule has 1 aliphatic rings. The van der Waals surface area contributed by atoms with E-state index in [0.717, 1.165) is 43.7 Å². The summed E-state index contributed by atoms with van der Waals surface area (Å²) < 4.78 is 5.66. The summed E-state index contributed by atoms with van der Waals surface area (Å²) in [5.41, 5.74) is 4.49. The molecular formula is C21H26N4O. The molecular weight excluding hydrogens is 324 g/mol. The van der Waals surface area contributed by atoms with Crippen LogP contribution >= 0.6 is 0 Å². The molecule has 2 aromatic heterocycles. The second kappa shape index (κ2) is 7.46. The van der Waals surface area contributed by atoms with Crippen molar-refractivity contribution in [2.75, 3.05) is 13.1 Å². The highest BCUT2D eigenvalue weighted by atomic mass is 16.3. The Labute approximate surface area is 154 Å². The molecule has 1 fully saturated rings. The number of oxazole rings is 1. The molecule has 0 unspecified atom stereocenters. The van der Waals surface area contributed by atoms with Gasteiger partial charge in [-0.3, -0.25) is 10.00 Å². The van der Waals surface area contributed by atoms with Gasteiger partial charge >= 0.3 is 0 Å². The van der Waals surface area contributed by atoms with Crippen LogP contribution in [0.5, 0.6) is 0 Å². The number of rotatable bonds is 5. The van der Waals surface area contributed by atoms with E-state index in [9.17, 15) is 0 Å². The fourth-order valence-corrected chi connectivity index (χ4v) is 3.58. The maximum Gasteiger partial charge on any atom is 0.226 e. The first-order chi connectivity index (χ1) is 12.7. The van der Waals surface area contributed by atoms with Crippen LogP contribution in [0, 0.1) is 0 Å². The lowest BCUT2D eigenvalue weighted by molar-refractivity contribution is 0.201. The minimum absolute atomic E-state index is 0.478. The van der Waals surface area contributed by atoms with Gasteiger partial charge in [-0.2, -0.15) is 5.10 Å². The van der Waals surface area contributed by atoms with Gasteiger partial charge in [-0.1, -0.05) is 32.0 Å². The van der Waals surface area contributed by atoms with Crippen molar-refractivity contribution in [3.05, 3.63) is 59.7 Å². The number of nitrogens with one attached hydrogen (secondary N) is 1. The van der Waals surface area contributed by atoms with Crippen LogP contribution in [0.2, 0.25) is 0 Å². The number of piperidine rings is 1. The highest BCUT2D eigenvalue weighted by Crippen LogP contribution is 2.29. The number of hydrogen-bond donors (Lipinski definition) is 1. The first kappa shape index (κ1) is 17.0. The molecule has 1 aliphatic heterocycles. The SMILES string of the molecule is CC(C)c1cc(C2CCN(Cc3coc(-c4ccccc4)n3)CC2)[nH]n1. The predicted molar refractivity (Wildman–Crippen MR) is 102 cm³/mol. The number of nitrogens with zero attached hydrogens (tertiary/aromatic N) is 3. The van der Waals surface area contributed by atoms with Crippen LogP contribution in [0.15, 0.2) is 47.1 Å². The van der Waals surface area contributed by atoms with Crippen molar-refractivity contribution in [3.63, 3.8) is 0 Å². The quantitative estimate of drug-likeness (QED) is 0.732. The first-order valence-corrected chi connectivity index (χ1v) is 9.46. The zero-order valence-corrected chi connectivity index (χ0v) is 15.5. The molecule has 0 spiro atoms. The number of likely N-dealkylation sites (tertiary alicyclic amines) is 1. The molecule has 0 aliphatic carbocycles. The minimum atomic E-state index is 0.478. The monoisotopic (exact) mass is 350 g/mol. The lowest BCUT2D eigenvalue weighted by atomic mass is 9.93. The molecule has 0 bridgehead atoms. The second-order valence-corrected chi connectivity index (χ2v) is 7.46. The average Bonchev–Trinajstić information content (AvgIpc) is 3.33. The van der Waals surface area contributed by atoms with Gasteiger partial charge in [0.25, 0.3) is 0 Å². The lowest BCUT2D eigenvalue weighted by Crippen LogP contribution is -2.32. The topological polar surface area (TPSA) is 58.0 Å². The smallest absolute Gasteiger partial charge is 0.226 e. The van der Waals surface area contributed by atoms with Gasteiger partial charge in [0.1, 0.15) is 6.26 Å². The molecule has 3 aromatic rings. The Hall–Kier alpha value is -2.40. The van der Waals surface area contributed by atoms with Crippen LogP contribution in [-0.4, -0.2) is 33.2 Å². The Balaban J connectivity index is 1.33. The van der Waals surface area contributed by atoms with Gasteiger partial charge in [-0.05, 0) is 50.0 Å². The first-order valence-electron chi connectivity index (χ1n) is 9.46. The molecule has 0 atom stereocenters. The average molecular weight is 350 g/mol. The van der Waals surface area contributed by atoms with Gasteiger partial charge in [0.15, 0.2) is 0 Å². The van der Waals surface area contributed by atoms with E-state index in [2.05, 4.69) is 40.0 Å². The highest BCUT2D eigenvalue weighted by molar-refractivity contribution is 5.52. The van der Waals surface area contributed by atoms with E-state index >= 15 is 0 Å². The maximum absolute atomic E-state index is 5.66. The van der Waals surface area contributed by atoms with Gasteiger partial charge in [0.05, 0.1) is 11.4 Å². The standard InChI is InChI=1S/C21H26N4O/c1-15(2)19-12-20(24-23-19)16-8-10-25(11-9-16)13-18-14-26-21(22-18)17-6-4-3-5-7-17/h3-7,12,14-16H,8-11,13H2,1-2H3,(H,23,24). The number of H-pyrrole nitrogens is 1. The van der Waals surface area contributed by atoms with Gasteiger partial charge in [0.2, 0.25) is 5.89 Å². The van der Waals surface area contributed by atoms with Crippen molar-refractivity contribution in [2.45, 2.75) is 45.1 Å². The Morgan fingerprint density at radius 3 is 2.65 bits per heavy atom. The van der Waals surface area contributed by atoms with E-state index in [1.807, 2.05) is 30.3 Å². The Bertz CT molecular complexity index is 829. The molecule has 136 valence electrons. The van der Waals surface area contributed by atoms with Crippen LogP contribution in [-0.2, 0) is 6.54 Å². The predicted octanol–water partition coefficient (Wildman–Crippen LogP) is 4.57. The van der Waals surface area contributed by atoms with Crippen molar-refractivity contribution in [2.24, 2.45) is 0 Å². The van der Waals surface area contributed by atoms with Crippen LogP contribution in [0.4, 0.5) is 0 Å². The fourth-order valence-electron chi connectivity index (χ4n) is 3.58. The molecule has 5 nitrogen and oxygen atoms in total. The molecule has 0 amide bonds. The fraction of sp³-hybridized carbons (Fsp3) is 0.429. The molecule has 1 aromatic carbocycles. The largest absolute Gasteiger partial charge is 0.444 e. The zero-order valence-electron chi connectivity index (χ0n) is 15.5. The van der Waals surface area contributed by atoms with Crippen molar-refractivity contribution in [1.82, 2.24) is 20.1 Å². The third-order valence-corrected chi connectivity index (χ3v) is 5.19. The summed E-state index contributed by atoms with van der Waals surface area (Å²) in [6.45, 7) is 7.38. The minimum Gasteiger partial charge on any atom is -0.444 e. The van der Waals surface area contributed by atoms with Gasteiger partial charge in [-0.25, -0.2) is 4.98 Å². The molecule has 3 heterocycles. The Morgan fingerprint density at radius 1 is 1.19 bits per heavy atom. The second-order valence-electron chi connectivity index (χ2n) is 7.46. The molecule has 26 heavy (non-hydrogen) atoms. The van der Waals surface area contributed by atoms with Crippen molar-refractivity contribution in [1.29, 1.82) is 0 Å². The zero-order chi connectivity index (χ0) is 17.9. The number of aromatic amines is 1. The number of aromatic nitrogens is 3. The van der Waals surface area contributed by atoms with E-state index in [0.29, 0.717) is 17.7 Å². The summed E-state index contributed by atoms with van der Waals surface area (Å²) in [6, 6.07) is 12.3. The van der Waals surface area contributed by atoms with E-state index in [1.54, 1.807) is 6.26 Å². The van der Waals surface area contributed by atoms with E-state index in [-0.39, 0.29) is 0 Å². The van der Waals surface area contributed by atoms with Crippen LogP contribution in [0.1, 0.15) is 55.6 Å². The third-order valence-electron chi connectivity index (χ3n) is 5.19. The summed E-state index contributed by atoms with van der Waals surface area (Å²) in [5, 5.41) is 7.70. The van der Waals surface area contributed by atoms with Gasteiger partial charge in [0, 0.05) is 23.7 Å². The van der Waals surface area contributed by atoms with Crippen LogP contribution in [0.3, 0.4) is 0 Å². The summed E-state index contributed by atoms with van der Waals surface area (Å²) >= 11 is 0. The summed E-state index contributed by atoms with van der Waals surface area (Å²) in [4.78, 5) is 7.11. The van der Waals surface area contributed by atoms with E-state index < -0.39 is 0 Å². The van der Waals surface area contributed by atoms with Gasteiger partial charge in [-0.15, -0.1) is 0 Å². The molecule has 4 rings (SSSR count). The number of hydrogen-bond acceptors (Lipinski definition) is 4.